The van der Waals surface area contributed by atoms with Crippen LogP contribution in [0.3, 0.4) is 0 Å². The molecule has 2 aliphatic heterocycles. The molecule has 3 N–H and O–H groups in total. The van der Waals surface area contributed by atoms with Crippen LogP contribution in [0, 0.1) is 24.2 Å². The number of aromatic nitrogens is 2. The number of amides is 6. The maximum atomic E-state index is 14.9. The van der Waals surface area contributed by atoms with E-state index in [1.54, 1.807) is 31.2 Å². The summed E-state index contributed by atoms with van der Waals surface area (Å²) in [6, 6.07) is -1.86. The Hall–Kier alpha value is -5.21. The highest BCUT2D eigenvalue weighted by molar-refractivity contribution is 6.30. The first-order valence-corrected chi connectivity index (χ1v) is 22.9. The minimum Gasteiger partial charge on any atom is -0.421 e. The summed E-state index contributed by atoms with van der Waals surface area (Å²) in [6.07, 6.45) is -5.61. The van der Waals surface area contributed by atoms with Crippen LogP contribution in [-0.4, -0.2) is 136 Å². The van der Waals surface area contributed by atoms with Crippen LogP contribution in [0.15, 0.2) is 34.8 Å². The summed E-state index contributed by atoms with van der Waals surface area (Å²) in [5.74, 6) is -9.51. The molecule has 3 fully saturated rings. The van der Waals surface area contributed by atoms with E-state index in [0.29, 0.717) is 59.0 Å². The average Bonchev–Trinajstić information content (AvgIpc) is 3.87. The molecule has 6 atom stereocenters. The fourth-order valence-corrected chi connectivity index (χ4v) is 9.28. The monoisotopic (exact) mass is 970 g/mol. The highest BCUT2D eigenvalue weighted by Gasteiger charge is 2.75. The molecule has 15 nitrogen and oxygen atoms in total. The Labute approximate surface area is 389 Å². The van der Waals surface area contributed by atoms with Crippen LogP contribution in [0.2, 0.25) is 5.02 Å². The summed E-state index contributed by atoms with van der Waals surface area (Å²) in [4.78, 5) is 87.4. The lowest BCUT2D eigenvalue weighted by molar-refractivity contribution is -0.299. The van der Waals surface area contributed by atoms with E-state index in [1.165, 1.54) is 19.0 Å². The summed E-state index contributed by atoms with van der Waals surface area (Å²) >= 11 is 6.42. The van der Waals surface area contributed by atoms with Gasteiger partial charge in [-0.3, -0.25) is 28.8 Å². The maximum absolute atomic E-state index is 14.9. The molecule has 0 spiro atoms. The van der Waals surface area contributed by atoms with Gasteiger partial charge in [-0.1, -0.05) is 37.6 Å². The van der Waals surface area contributed by atoms with Crippen LogP contribution >= 0.6 is 11.6 Å². The van der Waals surface area contributed by atoms with Crippen LogP contribution in [0.5, 0.6) is 0 Å². The van der Waals surface area contributed by atoms with E-state index in [-0.39, 0.29) is 37.6 Å². The zero-order chi connectivity index (χ0) is 49.2. The van der Waals surface area contributed by atoms with Gasteiger partial charge in [0, 0.05) is 63.8 Å². The Morgan fingerprint density at radius 3 is 2.37 bits per heavy atom. The smallest absolute Gasteiger partial charge is 0.403 e. The quantitative estimate of drug-likeness (QED) is 0.194. The van der Waals surface area contributed by atoms with Crippen molar-refractivity contribution in [2.24, 2.45) is 17.3 Å². The first-order valence-electron chi connectivity index (χ1n) is 22.5. The number of likely N-dealkylation sites (tertiary alicyclic amines) is 1. The van der Waals surface area contributed by atoms with Gasteiger partial charge in [0.15, 0.2) is 5.41 Å². The molecule has 6 rings (SSSR count). The Kier molecular flexibility index (Phi) is 15.7. The predicted molar refractivity (Wildman–Crippen MR) is 231 cm³/mol. The second-order valence-electron chi connectivity index (χ2n) is 18.7. The second kappa shape index (κ2) is 20.6. The number of carbonyl (C=O) groups excluding carboxylic acids is 6. The van der Waals surface area contributed by atoms with Gasteiger partial charge < -0.3 is 35.1 Å². The van der Waals surface area contributed by atoms with Crippen LogP contribution < -0.4 is 16.0 Å². The number of nitrogens with one attached hydrogen (secondary N) is 3. The molecule has 2 saturated carbocycles. The summed E-state index contributed by atoms with van der Waals surface area (Å²) in [5, 5.41) is 16.7. The van der Waals surface area contributed by atoms with E-state index in [4.69, 9.17) is 16.0 Å². The molecule has 0 bridgehead atoms. The molecule has 1 aromatic heterocycles. The van der Waals surface area contributed by atoms with E-state index in [1.807, 2.05) is 19.9 Å². The number of alkyl halides is 6. The Morgan fingerprint density at radius 1 is 1.06 bits per heavy atom. The van der Waals surface area contributed by atoms with Crippen LogP contribution in [0.1, 0.15) is 89.5 Å². The van der Waals surface area contributed by atoms with Crippen molar-refractivity contribution in [1.29, 1.82) is 0 Å². The van der Waals surface area contributed by atoms with Gasteiger partial charge in [0.05, 0.1) is 6.54 Å². The molecule has 0 unspecified atom stereocenters. The second-order valence-corrected chi connectivity index (χ2v) is 19.1. The zero-order valence-corrected chi connectivity index (χ0v) is 38.7. The van der Waals surface area contributed by atoms with Gasteiger partial charge in [0.2, 0.25) is 47.2 Å². The van der Waals surface area contributed by atoms with Crippen molar-refractivity contribution in [3.63, 3.8) is 0 Å². The number of hydrogen-bond acceptors (Lipinski definition) is 9. The number of benzene rings is 1. The van der Waals surface area contributed by atoms with Crippen molar-refractivity contribution < 1.29 is 59.5 Å². The van der Waals surface area contributed by atoms with Gasteiger partial charge in [0.25, 0.3) is 5.92 Å². The zero-order valence-electron chi connectivity index (χ0n) is 37.9. The van der Waals surface area contributed by atoms with Crippen LogP contribution in [-0.2, 0) is 35.2 Å². The van der Waals surface area contributed by atoms with Crippen LogP contribution in [0.4, 0.5) is 26.3 Å². The third kappa shape index (κ3) is 11.7. The molecule has 6 amide bonds. The highest BCUT2D eigenvalue weighted by atomic mass is 35.5. The minimum atomic E-state index is -5.41. The number of hydrogen-bond donors (Lipinski definition) is 3. The van der Waals surface area contributed by atoms with Gasteiger partial charge >= 0.3 is 6.18 Å². The fraction of sp³-hybridized carbons (Fsp3) is 0.644. The molecule has 3 heterocycles. The Balaban J connectivity index is 1.24. The van der Waals surface area contributed by atoms with Gasteiger partial charge in [0.1, 0.15) is 36.4 Å². The summed E-state index contributed by atoms with van der Waals surface area (Å²) in [6.45, 7) is 4.64. The molecular weight excluding hydrogens is 914 g/mol. The number of likely N-dealkylation sites (N-methyl/N-ethyl adjacent to an activating group) is 2. The first kappa shape index (κ1) is 51.2. The molecule has 22 heteroatoms. The fourth-order valence-electron chi connectivity index (χ4n) is 9.09. The lowest BCUT2D eigenvalue weighted by Gasteiger charge is -2.48. The topological polar surface area (TPSA) is 187 Å². The number of allylic oxidation sites excluding steroid dienone is 1. The molecule has 0 radical (unpaired) electrons. The van der Waals surface area contributed by atoms with Crippen molar-refractivity contribution >= 4 is 47.0 Å². The molecular formula is C45H57ClF6N8O7. The van der Waals surface area contributed by atoms with E-state index < -0.39 is 121 Å². The molecule has 2 aromatic rings. The maximum Gasteiger partial charge on any atom is 0.403 e. The van der Waals surface area contributed by atoms with Gasteiger partial charge in [-0.15, -0.1) is 10.2 Å². The minimum absolute atomic E-state index is 0.0392. The van der Waals surface area contributed by atoms with E-state index in [9.17, 15) is 55.1 Å². The van der Waals surface area contributed by atoms with E-state index >= 15 is 0 Å². The number of halogens is 7. The highest BCUT2D eigenvalue weighted by Crippen LogP contribution is 2.61. The Morgan fingerprint density at radius 2 is 1.76 bits per heavy atom. The van der Waals surface area contributed by atoms with Gasteiger partial charge in [-0.05, 0) is 80.5 Å². The number of rotatable bonds is 11. The predicted octanol–water partition coefficient (Wildman–Crippen LogP) is 5.48. The van der Waals surface area contributed by atoms with Crippen molar-refractivity contribution in [1.82, 2.24) is 40.8 Å². The summed E-state index contributed by atoms with van der Waals surface area (Å²) in [5.41, 5.74) is -2.47. The molecule has 1 saturated heterocycles. The number of nitrogens with zero attached hydrogens (tertiary/aromatic N) is 5. The lowest BCUT2D eigenvalue weighted by atomic mass is 9.64. The SMILES string of the molecule is Cc1nnc(-c2ccc(Cl)cc2C[C@H]2C(=O)NCCCC/C=C\C[C@H](N(C)C(=O)[C@@H](NC(=O)[C@@H]3C[C@@H](F)CN3C(=O)C3(C(F)(F)F)CC(F)(F)C3)C3CC3)C(=O)N[C@@H](CC(C)C)C(=O)N2C)o1. The molecule has 1 aromatic carbocycles. The standard InChI is InChI=1S/C45H57ClF6N8O7/c1-24(2)17-31-40(64)59(5)33(19-27-18-28(46)14-15-30(27)39-57-56-25(3)67-39)36(61)53-16-10-8-6-7-9-11-32(37(62)54-31)58(4)41(65)35(26-12-13-26)55-38(63)34-20-29(47)21-60(34)42(66)43(45(50,51)52)22-44(48,49)23-43/h7,9,14-15,18,24,26,29,31-35H,6,8,10-13,16-17,19-23H2,1-5H3,(H,53,61)(H,54,62)(H,55,63)/b9-7-/t29-,31+,32+,33+,34+,35+/m1/s1. The third-order valence-corrected chi connectivity index (χ3v) is 13.2. The molecule has 2 aliphatic carbocycles. The van der Waals surface area contributed by atoms with Crippen molar-refractivity contribution in [3.8, 4) is 11.5 Å². The summed E-state index contributed by atoms with van der Waals surface area (Å²) in [7, 11) is 2.77. The largest absolute Gasteiger partial charge is 0.421 e. The van der Waals surface area contributed by atoms with Crippen molar-refractivity contribution in [2.75, 3.05) is 27.2 Å². The van der Waals surface area contributed by atoms with Crippen molar-refractivity contribution in [2.45, 2.75) is 140 Å². The number of aryl methyl sites for hydroxylation is 1. The van der Waals surface area contributed by atoms with Crippen LogP contribution in [0.25, 0.3) is 11.5 Å². The molecule has 4 aliphatic rings. The normalized spacial score (nSPS) is 26.0. The molecule has 67 heavy (non-hydrogen) atoms. The van der Waals surface area contributed by atoms with Gasteiger partial charge in [-0.2, -0.15) is 13.2 Å². The van der Waals surface area contributed by atoms with E-state index in [0.717, 1.165) is 4.90 Å². The average molecular weight is 971 g/mol. The van der Waals surface area contributed by atoms with Crippen molar-refractivity contribution in [3.05, 3.63) is 46.8 Å². The number of carbonyl (C=O) groups is 6. The van der Waals surface area contributed by atoms with Gasteiger partial charge in [-0.25, -0.2) is 13.2 Å². The van der Waals surface area contributed by atoms with E-state index in [2.05, 4.69) is 26.1 Å². The lowest BCUT2D eigenvalue weighted by Crippen LogP contribution is -2.65. The molecule has 368 valence electrons. The third-order valence-electron chi connectivity index (χ3n) is 13.0. The summed E-state index contributed by atoms with van der Waals surface area (Å²) < 4.78 is 90.9. The Bertz CT molecular complexity index is 2210. The first-order chi connectivity index (χ1) is 31.4.